The average Bonchev–Trinajstić information content (AvgIpc) is 2.44. The van der Waals surface area contributed by atoms with Crippen molar-refractivity contribution in [3.8, 4) is 5.75 Å². The highest BCUT2D eigenvalue weighted by Gasteiger charge is 2.15. The number of rotatable bonds is 2. The molecule has 1 N–H and O–H groups in total. The lowest BCUT2D eigenvalue weighted by Gasteiger charge is -2.15. The summed E-state index contributed by atoms with van der Waals surface area (Å²) in [6, 6.07) is 7.70. The van der Waals surface area contributed by atoms with Gasteiger partial charge in [0.2, 0.25) is 0 Å². The van der Waals surface area contributed by atoms with Crippen LogP contribution in [0.3, 0.4) is 0 Å². The zero-order chi connectivity index (χ0) is 11.4. The van der Waals surface area contributed by atoms with E-state index in [0.29, 0.717) is 5.75 Å². The lowest BCUT2D eigenvalue weighted by Crippen LogP contribution is -2.19. The molecule has 0 aliphatic carbocycles. The van der Waals surface area contributed by atoms with Gasteiger partial charge in [-0.05, 0) is 69.4 Å². The zero-order valence-corrected chi connectivity index (χ0v) is 10.0. The maximum Gasteiger partial charge on any atom is 0.115 e. The molecule has 16 heavy (non-hydrogen) atoms. The van der Waals surface area contributed by atoms with Gasteiger partial charge in [0.25, 0.3) is 0 Å². The SMILES string of the molecule is CN1CCCC(Cc2cccc(O)c2)CC1. The predicted octanol–water partition coefficient (Wildman–Crippen LogP) is 2.67. The van der Waals surface area contributed by atoms with Crippen LogP contribution in [0.5, 0.6) is 5.75 Å². The largest absolute Gasteiger partial charge is 0.508 e. The molecule has 0 saturated carbocycles. The fourth-order valence-corrected chi connectivity index (χ4v) is 2.53. The van der Waals surface area contributed by atoms with Gasteiger partial charge in [-0.25, -0.2) is 0 Å². The highest BCUT2D eigenvalue weighted by molar-refractivity contribution is 5.27. The van der Waals surface area contributed by atoms with Crippen molar-refractivity contribution in [2.75, 3.05) is 20.1 Å². The summed E-state index contributed by atoms with van der Waals surface area (Å²) in [5, 5.41) is 9.43. The fraction of sp³-hybridized carbons (Fsp3) is 0.571. The number of benzene rings is 1. The van der Waals surface area contributed by atoms with Crippen LogP contribution in [0.25, 0.3) is 0 Å². The van der Waals surface area contributed by atoms with Gasteiger partial charge < -0.3 is 10.0 Å². The fourth-order valence-electron chi connectivity index (χ4n) is 2.53. The molecule has 1 fully saturated rings. The summed E-state index contributed by atoms with van der Waals surface area (Å²) in [6.45, 7) is 2.44. The predicted molar refractivity (Wildman–Crippen MR) is 66.6 cm³/mol. The molecule has 1 atom stereocenters. The Bertz CT molecular complexity index is 337. The highest BCUT2D eigenvalue weighted by atomic mass is 16.3. The molecule has 1 unspecified atom stereocenters. The summed E-state index contributed by atoms with van der Waals surface area (Å²) in [5.74, 6) is 1.18. The van der Waals surface area contributed by atoms with Crippen molar-refractivity contribution in [3.05, 3.63) is 29.8 Å². The molecule has 1 saturated heterocycles. The summed E-state index contributed by atoms with van der Waals surface area (Å²) >= 11 is 0. The molecule has 1 aliphatic heterocycles. The van der Waals surface area contributed by atoms with Crippen LogP contribution in [0, 0.1) is 5.92 Å². The Labute approximate surface area is 97.9 Å². The zero-order valence-electron chi connectivity index (χ0n) is 10.0. The molecule has 1 heterocycles. The molecule has 88 valence electrons. The summed E-state index contributed by atoms with van der Waals surface area (Å²) in [7, 11) is 2.21. The summed E-state index contributed by atoms with van der Waals surface area (Å²) in [6.07, 6.45) is 5.02. The molecule has 1 aliphatic rings. The Morgan fingerprint density at radius 2 is 2.19 bits per heavy atom. The first-order valence-corrected chi connectivity index (χ1v) is 6.20. The number of aromatic hydroxyl groups is 1. The molecule has 0 amide bonds. The first kappa shape index (κ1) is 11.5. The number of nitrogens with zero attached hydrogens (tertiary/aromatic N) is 1. The van der Waals surface area contributed by atoms with Crippen molar-refractivity contribution in [2.24, 2.45) is 5.92 Å². The summed E-state index contributed by atoms with van der Waals surface area (Å²) < 4.78 is 0. The molecule has 0 radical (unpaired) electrons. The van der Waals surface area contributed by atoms with Crippen LogP contribution in [0.4, 0.5) is 0 Å². The van der Waals surface area contributed by atoms with Gasteiger partial charge in [0, 0.05) is 0 Å². The minimum absolute atomic E-state index is 0.392. The normalized spacial score (nSPS) is 22.9. The quantitative estimate of drug-likeness (QED) is 0.826. The van der Waals surface area contributed by atoms with E-state index in [1.54, 1.807) is 6.07 Å². The highest BCUT2D eigenvalue weighted by Crippen LogP contribution is 2.22. The van der Waals surface area contributed by atoms with Gasteiger partial charge in [0.1, 0.15) is 5.75 Å². The second kappa shape index (κ2) is 5.35. The van der Waals surface area contributed by atoms with Crippen molar-refractivity contribution >= 4 is 0 Å². The van der Waals surface area contributed by atoms with Crippen molar-refractivity contribution in [2.45, 2.75) is 25.7 Å². The number of hydrogen-bond donors (Lipinski definition) is 1. The molecule has 1 aromatic carbocycles. The Morgan fingerprint density at radius 1 is 1.31 bits per heavy atom. The third-order valence-electron chi connectivity index (χ3n) is 3.51. The first-order valence-electron chi connectivity index (χ1n) is 6.20. The molecular weight excluding hydrogens is 198 g/mol. The lowest BCUT2D eigenvalue weighted by atomic mass is 9.93. The van der Waals surface area contributed by atoms with Crippen LogP contribution < -0.4 is 0 Å². The minimum Gasteiger partial charge on any atom is -0.508 e. The van der Waals surface area contributed by atoms with Gasteiger partial charge in [0.15, 0.2) is 0 Å². The molecule has 2 heteroatoms. The molecular formula is C14H21NO. The average molecular weight is 219 g/mol. The van der Waals surface area contributed by atoms with Crippen LogP contribution in [-0.2, 0) is 6.42 Å². The van der Waals surface area contributed by atoms with Crippen LogP contribution in [0.15, 0.2) is 24.3 Å². The molecule has 2 rings (SSSR count). The van der Waals surface area contributed by atoms with Crippen molar-refractivity contribution < 1.29 is 5.11 Å². The minimum atomic E-state index is 0.392. The monoisotopic (exact) mass is 219 g/mol. The maximum atomic E-state index is 9.43. The smallest absolute Gasteiger partial charge is 0.115 e. The van der Waals surface area contributed by atoms with E-state index in [4.69, 9.17) is 0 Å². The van der Waals surface area contributed by atoms with Crippen LogP contribution in [0.1, 0.15) is 24.8 Å². The van der Waals surface area contributed by atoms with E-state index in [2.05, 4.69) is 18.0 Å². The molecule has 0 bridgehead atoms. The molecule has 2 nitrogen and oxygen atoms in total. The maximum absolute atomic E-state index is 9.43. The third-order valence-corrected chi connectivity index (χ3v) is 3.51. The van der Waals surface area contributed by atoms with Crippen molar-refractivity contribution in [3.63, 3.8) is 0 Å². The van der Waals surface area contributed by atoms with Crippen molar-refractivity contribution in [1.29, 1.82) is 0 Å². The number of likely N-dealkylation sites (tertiary alicyclic amines) is 1. The second-order valence-corrected chi connectivity index (χ2v) is 4.97. The van der Waals surface area contributed by atoms with Gasteiger partial charge in [-0.1, -0.05) is 12.1 Å². The Kier molecular flexibility index (Phi) is 3.83. The lowest BCUT2D eigenvalue weighted by molar-refractivity contribution is 0.341. The van der Waals surface area contributed by atoms with Crippen LogP contribution in [0.2, 0.25) is 0 Å². The van der Waals surface area contributed by atoms with E-state index in [1.807, 2.05) is 12.1 Å². The topological polar surface area (TPSA) is 23.5 Å². The van der Waals surface area contributed by atoms with Gasteiger partial charge in [-0.3, -0.25) is 0 Å². The van der Waals surface area contributed by atoms with Gasteiger partial charge in [-0.2, -0.15) is 0 Å². The molecule has 1 aromatic rings. The number of phenolic OH excluding ortho intramolecular Hbond substituents is 1. The Balaban J connectivity index is 1.93. The Morgan fingerprint density at radius 3 is 3.00 bits per heavy atom. The second-order valence-electron chi connectivity index (χ2n) is 4.97. The van der Waals surface area contributed by atoms with Crippen LogP contribution in [-0.4, -0.2) is 30.1 Å². The van der Waals surface area contributed by atoms with E-state index in [-0.39, 0.29) is 0 Å². The number of hydrogen-bond acceptors (Lipinski definition) is 2. The third kappa shape index (κ3) is 3.24. The van der Waals surface area contributed by atoms with E-state index < -0.39 is 0 Å². The van der Waals surface area contributed by atoms with E-state index in [0.717, 1.165) is 12.3 Å². The molecule has 0 spiro atoms. The standard InChI is InChI=1S/C14H21NO/c1-15-8-3-5-12(7-9-15)10-13-4-2-6-14(16)11-13/h2,4,6,11-12,16H,3,5,7-10H2,1H3. The number of phenols is 1. The van der Waals surface area contributed by atoms with Gasteiger partial charge in [0.05, 0.1) is 0 Å². The summed E-state index contributed by atoms with van der Waals surface area (Å²) in [4.78, 5) is 2.42. The van der Waals surface area contributed by atoms with E-state index in [9.17, 15) is 5.11 Å². The van der Waals surface area contributed by atoms with E-state index in [1.165, 1.54) is 37.9 Å². The van der Waals surface area contributed by atoms with E-state index >= 15 is 0 Å². The van der Waals surface area contributed by atoms with Crippen molar-refractivity contribution in [1.82, 2.24) is 4.90 Å². The summed E-state index contributed by atoms with van der Waals surface area (Å²) in [5.41, 5.74) is 1.27. The Hall–Kier alpha value is -1.02. The van der Waals surface area contributed by atoms with Gasteiger partial charge >= 0.3 is 0 Å². The molecule has 0 aromatic heterocycles. The van der Waals surface area contributed by atoms with Crippen LogP contribution >= 0.6 is 0 Å². The van der Waals surface area contributed by atoms with Gasteiger partial charge in [-0.15, -0.1) is 0 Å². The first-order chi connectivity index (χ1) is 7.74.